The highest BCUT2D eigenvalue weighted by Crippen LogP contribution is 2.19. The van der Waals surface area contributed by atoms with E-state index in [1.165, 1.54) is 0 Å². The first-order valence-electron chi connectivity index (χ1n) is 5.73. The standard InChI is InChI=1S/C10H17NO6S/c1-2-17-9(12)7-18(15,16)11-5-3-4-8(6-11)10(13)14/h8H,2-7H2,1H3,(H,13,14)/t8-/m1/s1. The summed E-state index contributed by atoms with van der Waals surface area (Å²) in [6.45, 7) is 1.89. The van der Waals surface area contributed by atoms with Crippen molar-refractivity contribution in [3.8, 4) is 0 Å². The average molecular weight is 279 g/mol. The van der Waals surface area contributed by atoms with Crippen molar-refractivity contribution in [3.05, 3.63) is 0 Å². The zero-order valence-electron chi connectivity index (χ0n) is 10.2. The molecule has 0 aliphatic carbocycles. The van der Waals surface area contributed by atoms with E-state index in [1.54, 1.807) is 6.92 Å². The van der Waals surface area contributed by atoms with Gasteiger partial charge >= 0.3 is 11.9 Å². The van der Waals surface area contributed by atoms with Crippen LogP contribution in [0.1, 0.15) is 19.8 Å². The van der Waals surface area contributed by atoms with E-state index in [9.17, 15) is 18.0 Å². The van der Waals surface area contributed by atoms with E-state index in [1.807, 2.05) is 0 Å². The van der Waals surface area contributed by atoms with Crippen LogP contribution in [0.15, 0.2) is 0 Å². The average Bonchev–Trinajstić information content (AvgIpc) is 2.28. The number of piperidine rings is 1. The number of nitrogens with zero attached hydrogens (tertiary/aromatic N) is 1. The van der Waals surface area contributed by atoms with Gasteiger partial charge in [-0.1, -0.05) is 0 Å². The van der Waals surface area contributed by atoms with Crippen molar-refractivity contribution >= 4 is 22.0 Å². The van der Waals surface area contributed by atoms with Gasteiger partial charge in [-0.2, -0.15) is 0 Å². The second-order valence-corrected chi connectivity index (χ2v) is 6.07. The lowest BCUT2D eigenvalue weighted by atomic mass is 10.0. The van der Waals surface area contributed by atoms with Gasteiger partial charge in [0.1, 0.15) is 0 Å². The summed E-state index contributed by atoms with van der Waals surface area (Å²) >= 11 is 0. The fourth-order valence-electron chi connectivity index (χ4n) is 1.84. The molecule has 8 heteroatoms. The molecule has 1 aliphatic heterocycles. The Hall–Kier alpha value is -1.15. The molecule has 1 aliphatic rings. The highest BCUT2D eigenvalue weighted by Gasteiger charge is 2.33. The normalized spacial score (nSPS) is 21.5. The van der Waals surface area contributed by atoms with Crippen molar-refractivity contribution in [1.82, 2.24) is 4.31 Å². The fraction of sp³-hybridized carbons (Fsp3) is 0.800. The van der Waals surface area contributed by atoms with Crippen LogP contribution in [0.2, 0.25) is 0 Å². The van der Waals surface area contributed by atoms with Gasteiger partial charge in [0.05, 0.1) is 12.5 Å². The summed E-state index contributed by atoms with van der Waals surface area (Å²) in [7, 11) is -3.78. The molecule has 0 spiro atoms. The molecule has 0 aromatic rings. The van der Waals surface area contributed by atoms with E-state index >= 15 is 0 Å². The van der Waals surface area contributed by atoms with E-state index in [0.717, 1.165) is 4.31 Å². The first-order chi connectivity index (χ1) is 8.36. The summed E-state index contributed by atoms with van der Waals surface area (Å²) < 4.78 is 29.4. The first kappa shape index (κ1) is 14.9. The van der Waals surface area contributed by atoms with Gasteiger partial charge in [0.25, 0.3) is 0 Å². The van der Waals surface area contributed by atoms with Gasteiger partial charge in [0.15, 0.2) is 5.75 Å². The number of ether oxygens (including phenoxy) is 1. The predicted octanol–water partition coefficient (Wildman–Crippen LogP) is -0.324. The molecule has 1 saturated heterocycles. The second kappa shape index (κ2) is 6.14. The molecule has 1 fully saturated rings. The van der Waals surface area contributed by atoms with Gasteiger partial charge in [0, 0.05) is 13.1 Å². The molecule has 18 heavy (non-hydrogen) atoms. The Bertz CT molecular complexity index is 418. The molecule has 0 radical (unpaired) electrons. The minimum Gasteiger partial charge on any atom is -0.481 e. The summed E-state index contributed by atoms with van der Waals surface area (Å²) in [5.74, 6) is -3.25. The van der Waals surface area contributed by atoms with Crippen molar-refractivity contribution < 1.29 is 27.9 Å². The molecule has 104 valence electrons. The van der Waals surface area contributed by atoms with E-state index < -0.39 is 33.6 Å². The first-order valence-corrected chi connectivity index (χ1v) is 7.34. The van der Waals surface area contributed by atoms with Crippen molar-refractivity contribution in [2.24, 2.45) is 5.92 Å². The van der Waals surface area contributed by atoms with Crippen LogP contribution in [0.4, 0.5) is 0 Å². The van der Waals surface area contributed by atoms with Crippen LogP contribution in [0.5, 0.6) is 0 Å². The molecule has 0 aromatic carbocycles. The van der Waals surface area contributed by atoms with E-state index in [2.05, 4.69) is 4.74 Å². The maximum Gasteiger partial charge on any atom is 0.322 e. The number of esters is 1. The molecule has 7 nitrogen and oxygen atoms in total. The SMILES string of the molecule is CCOC(=O)CS(=O)(=O)N1CCC[C@@H](C(=O)O)C1. The third-order valence-electron chi connectivity index (χ3n) is 2.73. The topological polar surface area (TPSA) is 101 Å². The predicted molar refractivity (Wildman–Crippen MR) is 62.4 cm³/mol. The molecular formula is C10H17NO6S. The lowest BCUT2D eigenvalue weighted by Crippen LogP contribution is -2.44. The Morgan fingerprint density at radius 2 is 2.11 bits per heavy atom. The highest BCUT2D eigenvalue weighted by atomic mass is 32.2. The van der Waals surface area contributed by atoms with Crippen molar-refractivity contribution in [2.45, 2.75) is 19.8 Å². The maximum atomic E-state index is 11.9. The Balaban J connectivity index is 2.67. The number of aliphatic carboxylic acids is 1. The molecule has 0 amide bonds. The van der Waals surface area contributed by atoms with E-state index in [0.29, 0.717) is 12.8 Å². The lowest BCUT2D eigenvalue weighted by Gasteiger charge is -2.29. The molecule has 1 rings (SSSR count). The monoisotopic (exact) mass is 279 g/mol. The number of carboxylic acids is 1. The van der Waals surface area contributed by atoms with E-state index in [-0.39, 0.29) is 19.7 Å². The van der Waals surface area contributed by atoms with Gasteiger partial charge < -0.3 is 9.84 Å². The van der Waals surface area contributed by atoms with Crippen LogP contribution < -0.4 is 0 Å². The molecule has 0 bridgehead atoms. The molecule has 1 heterocycles. The largest absolute Gasteiger partial charge is 0.481 e. The van der Waals surface area contributed by atoms with Crippen molar-refractivity contribution in [3.63, 3.8) is 0 Å². The number of rotatable bonds is 5. The maximum absolute atomic E-state index is 11.9. The van der Waals surface area contributed by atoms with Gasteiger partial charge in [-0.05, 0) is 19.8 Å². The smallest absolute Gasteiger partial charge is 0.322 e. The number of sulfonamides is 1. The molecule has 0 saturated carbocycles. The number of hydrogen-bond donors (Lipinski definition) is 1. The summed E-state index contributed by atoms with van der Waals surface area (Å²) in [6, 6.07) is 0. The second-order valence-electron chi connectivity index (χ2n) is 4.10. The van der Waals surface area contributed by atoms with Crippen molar-refractivity contribution in [1.29, 1.82) is 0 Å². The van der Waals surface area contributed by atoms with Crippen LogP contribution in [-0.2, 0) is 24.3 Å². The van der Waals surface area contributed by atoms with Gasteiger partial charge in [-0.15, -0.1) is 0 Å². The highest BCUT2D eigenvalue weighted by molar-refractivity contribution is 7.89. The Morgan fingerprint density at radius 3 is 2.67 bits per heavy atom. The minimum atomic E-state index is -3.78. The minimum absolute atomic E-state index is 0.0723. The molecule has 1 N–H and O–H groups in total. The van der Waals surface area contributed by atoms with Gasteiger partial charge in [-0.3, -0.25) is 9.59 Å². The third kappa shape index (κ3) is 3.95. The quantitative estimate of drug-likeness (QED) is 0.692. The van der Waals surface area contributed by atoms with Gasteiger partial charge in [0.2, 0.25) is 10.0 Å². The Labute approximate surface area is 106 Å². The molecule has 1 atom stereocenters. The van der Waals surface area contributed by atoms with Crippen LogP contribution in [0.3, 0.4) is 0 Å². The number of carbonyl (C=O) groups excluding carboxylic acids is 1. The summed E-state index contributed by atoms with van der Waals surface area (Å²) in [5, 5.41) is 8.87. The van der Waals surface area contributed by atoms with Gasteiger partial charge in [-0.25, -0.2) is 12.7 Å². The van der Waals surface area contributed by atoms with Crippen LogP contribution in [0.25, 0.3) is 0 Å². The zero-order valence-corrected chi connectivity index (χ0v) is 11.0. The molecule has 0 unspecified atom stereocenters. The number of hydrogen-bond acceptors (Lipinski definition) is 5. The Kier molecular flexibility index (Phi) is 5.09. The fourth-order valence-corrected chi connectivity index (χ4v) is 3.22. The number of carboxylic acid groups (broad SMARTS) is 1. The number of carbonyl (C=O) groups is 2. The van der Waals surface area contributed by atoms with Crippen LogP contribution in [0, 0.1) is 5.92 Å². The van der Waals surface area contributed by atoms with Crippen LogP contribution >= 0.6 is 0 Å². The summed E-state index contributed by atoms with van der Waals surface area (Å²) in [5.41, 5.74) is 0. The third-order valence-corrected chi connectivity index (χ3v) is 4.45. The lowest BCUT2D eigenvalue weighted by molar-refractivity contribution is -0.143. The summed E-state index contributed by atoms with van der Waals surface area (Å²) in [4.78, 5) is 22.0. The zero-order chi connectivity index (χ0) is 13.8. The molecule has 0 aromatic heterocycles. The van der Waals surface area contributed by atoms with Crippen LogP contribution in [-0.4, -0.2) is 55.2 Å². The molecular weight excluding hydrogens is 262 g/mol. The Morgan fingerprint density at radius 1 is 1.44 bits per heavy atom. The summed E-state index contributed by atoms with van der Waals surface area (Å²) in [6.07, 6.45) is 0.944. The van der Waals surface area contributed by atoms with Crippen molar-refractivity contribution in [2.75, 3.05) is 25.4 Å². The van der Waals surface area contributed by atoms with E-state index in [4.69, 9.17) is 5.11 Å².